The van der Waals surface area contributed by atoms with Gasteiger partial charge in [-0.25, -0.2) is 0 Å². The van der Waals surface area contributed by atoms with E-state index in [4.69, 9.17) is 5.73 Å². The van der Waals surface area contributed by atoms with Crippen LogP contribution < -0.4 is 5.73 Å². The third kappa shape index (κ3) is 4.38. The number of aliphatic hydroxyl groups excluding tert-OH is 2. The van der Waals surface area contributed by atoms with Crippen molar-refractivity contribution in [3.63, 3.8) is 0 Å². The Kier molecular flexibility index (Phi) is 7.06. The third-order valence-corrected chi connectivity index (χ3v) is 11.8. The number of benzene rings is 1. The van der Waals surface area contributed by atoms with Crippen LogP contribution in [0.3, 0.4) is 0 Å². The molecule has 0 radical (unpaired) electrons. The summed E-state index contributed by atoms with van der Waals surface area (Å²) in [6.45, 7) is 7.26. The summed E-state index contributed by atoms with van der Waals surface area (Å²) in [6, 6.07) is 0.967. The third-order valence-electron chi connectivity index (χ3n) is 11.8. The fraction of sp³-hybridized carbons (Fsp3) is 0.606. The molecular formula is C33H39F3N2O7. The Morgan fingerprint density at radius 3 is 2.38 bits per heavy atom. The zero-order chi connectivity index (χ0) is 33.1. The van der Waals surface area contributed by atoms with Crippen molar-refractivity contribution < 1.29 is 48.0 Å². The Morgan fingerprint density at radius 1 is 1.13 bits per heavy atom. The zero-order valence-electron chi connectivity index (χ0n) is 25.7. The van der Waals surface area contributed by atoms with Gasteiger partial charge in [0.25, 0.3) is 5.91 Å². The topological polar surface area (TPSA) is 161 Å². The fourth-order valence-electron chi connectivity index (χ4n) is 10.2. The molecule has 0 aromatic heterocycles. The molecule has 6 aliphatic carbocycles. The Bertz CT molecular complexity index is 1590. The van der Waals surface area contributed by atoms with Gasteiger partial charge in [0.1, 0.15) is 22.8 Å². The summed E-state index contributed by atoms with van der Waals surface area (Å²) < 4.78 is 44.5. The first kappa shape index (κ1) is 31.6. The van der Waals surface area contributed by atoms with Crippen molar-refractivity contribution in [2.75, 3.05) is 13.6 Å². The number of hydrogen-bond donors (Lipinski definition) is 5. The molecule has 0 aliphatic heterocycles. The lowest BCUT2D eigenvalue weighted by atomic mass is 9.40. The van der Waals surface area contributed by atoms with Gasteiger partial charge in [0.2, 0.25) is 5.78 Å². The number of ketones is 2. The lowest BCUT2D eigenvalue weighted by Crippen LogP contribution is -2.60. The molecule has 6 N–H and O–H groups in total. The quantitative estimate of drug-likeness (QED) is 0.302. The number of alkyl halides is 3. The number of nitrogens with two attached hydrogens (primary N) is 1. The number of aliphatic hydroxyl groups is 3. The van der Waals surface area contributed by atoms with Crippen molar-refractivity contribution >= 4 is 23.2 Å². The van der Waals surface area contributed by atoms with Crippen molar-refractivity contribution in [1.29, 1.82) is 0 Å². The number of carbonyl (C=O) groups is 3. The van der Waals surface area contributed by atoms with E-state index < -0.39 is 93.5 Å². The van der Waals surface area contributed by atoms with Crippen molar-refractivity contribution in [1.82, 2.24) is 4.90 Å². The van der Waals surface area contributed by atoms with Gasteiger partial charge in [-0.05, 0) is 84.9 Å². The van der Waals surface area contributed by atoms with Crippen LogP contribution in [0.4, 0.5) is 13.2 Å². The predicted octanol–water partition coefficient (Wildman–Crippen LogP) is 4.19. The first-order valence-corrected chi connectivity index (χ1v) is 15.4. The molecule has 0 saturated heterocycles. The number of aromatic hydroxyl groups is 1. The van der Waals surface area contributed by atoms with Crippen LogP contribution in [0.25, 0.3) is 5.76 Å². The smallest absolute Gasteiger partial charge is 0.417 e. The van der Waals surface area contributed by atoms with E-state index in [0.29, 0.717) is 30.2 Å². The molecule has 9 nitrogen and oxygen atoms in total. The van der Waals surface area contributed by atoms with Crippen LogP contribution in [-0.4, -0.2) is 62.0 Å². The number of primary amides is 1. The maximum absolute atomic E-state index is 14.8. The molecule has 6 aliphatic rings. The number of fused-ring (bicyclic) bond motifs is 5. The van der Waals surface area contributed by atoms with E-state index in [1.165, 1.54) is 0 Å². The minimum atomic E-state index is -4.87. The highest BCUT2D eigenvalue weighted by Gasteiger charge is 2.61. The van der Waals surface area contributed by atoms with Gasteiger partial charge in [0, 0.05) is 31.0 Å². The number of Topliss-reactive ketones (excluding diaryl/α,β-unsaturated/α-hetero) is 2. The number of carbonyl (C=O) groups excluding carboxylic acids is 3. The molecular weight excluding hydrogens is 593 g/mol. The monoisotopic (exact) mass is 632 g/mol. The summed E-state index contributed by atoms with van der Waals surface area (Å²) in [6.07, 6.45) is -3.98. The van der Waals surface area contributed by atoms with E-state index in [1.54, 1.807) is 7.05 Å². The molecule has 4 fully saturated rings. The van der Waals surface area contributed by atoms with Crippen LogP contribution in [0.5, 0.6) is 5.75 Å². The summed E-state index contributed by atoms with van der Waals surface area (Å²) in [4.78, 5) is 39.9. The fourth-order valence-corrected chi connectivity index (χ4v) is 10.2. The van der Waals surface area contributed by atoms with Crippen LogP contribution >= 0.6 is 0 Å². The lowest BCUT2D eigenvalue weighted by Gasteiger charge is -2.65. The maximum atomic E-state index is 14.8. The SMILES string of the molecule is CC1C2CC[C@@H](CN(C)Cc3cc(O)c4c(c3C(F)(F)F)CC3C[C@H]5CC(=O)C(C(N)=O)=C(O)[C@@]5(O)C(=O)C3=C4O)C1C2(C)C. The molecule has 0 heterocycles. The number of nitrogens with zero attached hydrogens (tertiary/aromatic N) is 1. The van der Waals surface area contributed by atoms with Gasteiger partial charge in [-0.15, -0.1) is 0 Å². The zero-order valence-corrected chi connectivity index (χ0v) is 25.7. The molecule has 4 unspecified atom stereocenters. The van der Waals surface area contributed by atoms with Crippen molar-refractivity contribution in [2.24, 2.45) is 46.7 Å². The molecule has 1 aromatic rings. The van der Waals surface area contributed by atoms with Gasteiger partial charge in [0.15, 0.2) is 11.4 Å². The molecule has 244 valence electrons. The van der Waals surface area contributed by atoms with Gasteiger partial charge in [-0.1, -0.05) is 20.8 Å². The largest absolute Gasteiger partial charge is 0.508 e. The summed E-state index contributed by atoms with van der Waals surface area (Å²) >= 11 is 0. The van der Waals surface area contributed by atoms with Crippen LogP contribution in [-0.2, 0) is 33.5 Å². The van der Waals surface area contributed by atoms with Gasteiger partial charge < -0.3 is 31.1 Å². The summed E-state index contributed by atoms with van der Waals surface area (Å²) in [5.74, 6) is -6.65. The normalized spacial score (nSPS) is 33.9. The maximum Gasteiger partial charge on any atom is 0.417 e. The van der Waals surface area contributed by atoms with E-state index >= 15 is 0 Å². The minimum absolute atomic E-state index is 0.108. The second-order valence-electron chi connectivity index (χ2n) is 14.5. The molecule has 7 rings (SSSR count). The van der Waals surface area contributed by atoms with Crippen LogP contribution in [0.1, 0.15) is 68.7 Å². The number of phenolic OH excluding ortho intramolecular Hbond substituents is 1. The molecule has 1 amide bonds. The van der Waals surface area contributed by atoms with Gasteiger partial charge >= 0.3 is 6.18 Å². The summed E-state index contributed by atoms with van der Waals surface area (Å²) in [7, 11) is 1.76. The lowest BCUT2D eigenvalue weighted by molar-refractivity contribution is -0.165. The van der Waals surface area contributed by atoms with E-state index in [1.807, 2.05) is 4.90 Å². The van der Waals surface area contributed by atoms with Crippen LogP contribution in [0, 0.1) is 40.9 Å². The summed E-state index contributed by atoms with van der Waals surface area (Å²) in [5.41, 5.74) is -0.913. The Labute approximate surface area is 258 Å². The van der Waals surface area contributed by atoms with E-state index in [2.05, 4.69) is 20.8 Å². The number of halogens is 3. The summed E-state index contributed by atoms with van der Waals surface area (Å²) in [5, 5.41) is 44.4. The molecule has 0 spiro atoms. The van der Waals surface area contributed by atoms with Crippen molar-refractivity contribution in [3.05, 3.63) is 45.2 Å². The number of phenols is 1. The van der Waals surface area contributed by atoms with Crippen LogP contribution in [0.2, 0.25) is 0 Å². The van der Waals surface area contributed by atoms with Gasteiger partial charge in [-0.2, -0.15) is 13.2 Å². The highest BCUT2D eigenvalue weighted by Crippen LogP contribution is 2.65. The Hall–Kier alpha value is -3.38. The first-order chi connectivity index (χ1) is 20.8. The predicted molar refractivity (Wildman–Crippen MR) is 155 cm³/mol. The molecule has 1 aromatic carbocycles. The molecule has 45 heavy (non-hydrogen) atoms. The average Bonchev–Trinajstić information content (AvgIpc) is 2.89. The average molecular weight is 633 g/mol. The van der Waals surface area contributed by atoms with Gasteiger partial charge in [0.05, 0.1) is 11.1 Å². The number of hydrogen-bond acceptors (Lipinski definition) is 8. The highest BCUT2D eigenvalue weighted by molar-refractivity contribution is 6.22. The van der Waals surface area contributed by atoms with Crippen molar-refractivity contribution in [2.45, 2.75) is 71.2 Å². The van der Waals surface area contributed by atoms with Crippen LogP contribution in [0.15, 0.2) is 23.0 Å². The molecule has 12 heteroatoms. The molecule has 4 saturated carbocycles. The van der Waals surface area contributed by atoms with E-state index in [0.717, 1.165) is 18.9 Å². The molecule has 7 atom stereocenters. The second-order valence-corrected chi connectivity index (χ2v) is 14.5. The number of amides is 1. The second kappa shape index (κ2) is 10.1. The van der Waals surface area contributed by atoms with E-state index in [9.17, 15) is 48.0 Å². The first-order valence-electron chi connectivity index (χ1n) is 15.4. The van der Waals surface area contributed by atoms with Crippen molar-refractivity contribution in [3.8, 4) is 5.75 Å². The minimum Gasteiger partial charge on any atom is -0.508 e. The Morgan fingerprint density at radius 2 is 1.80 bits per heavy atom. The number of rotatable bonds is 5. The van der Waals surface area contributed by atoms with E-state index in [-0.39, 0.29) is 29.5 Å². The Balaban J connectivity index is 1.38. The molecule has 2 bridgehead atoms. The highest BCUT2D eigenvalue weighted by atomic mass is 19.4. The standard InChI is InChI=1S/C33H39F3N2O7/c1-13-19-6-5-14(25(13)31(19,2)3)11-38(4)12-16-9-20(39)23-18(26(16)33(34,35)36)8-15-7-17-10-21(40)24(30(37)44)29(43)32(17,45)28(42)22(15)27(23)41/h9,13-15,17,19,25,39,41,43,45H,5-8,10-12H2,1-4H3,(H2,37,44)/t13?,14-,15?,17-,19?,25?,32-/m0/s1. The van der Waals surface area contributed by atoms with Gasteiger partial charge in [-0.3, -0.25) is 14.4 Å².